The number of carbonyl (C=O) groups is 1. The standard InChI is InChI=1S/C28H32N4O4/c1-16(2)35-24-10-7-18(13-19(24)14-29)26-30-25(31-36-26)21-8-9-22-20(17(21)3)11-12-32(27(33)34)15-23(22)28(4,5)6/h7-10,13,16,23H,11-12,15H2,1-6H3,(H,33,34). The van der Waals surface area contributed by atoms with Gasteiger partial charge in [0.15, 0.2) is 0 Å². The van der Waals surface area contributed by atoms with E-state index < -0.39 is 6.09 Å². The molecular weight excluding hydrogens is 456 g/mol. The van der Waals surface area contributed by atoms with E-state index in [0.717, 1.165) is 16.7 Å². The third kappa shape index (κ3) is 4.92. The van der Waals surface area contributed by atoms with E-state index in [4.69, 9.17) is 9.26 Å². The van der Waals surface area contributed by atoms with Crippen LogP contribution >= 0.6 is 0 Å². The second kappa shape index (κ2) is 9.65. The van der Waals surface area contributed by atoms with E-state index in [-0.39, 0.29) is 17.4 Å². The van der Waals surface area contributed by atoms with Crippen LogP contribution in [0.25, 0.3) is 22.8 Å². The van der Waals surface area contributed by atoms with Gasteiger partial charge < -0.3 is 19.3 Å². The number of hydrogen-bond acceptors (Lipinski definition) is 6. The van der Waals surface area contributed by atoms with E-state index >= 15 is 0 Å². The summed E-state index contributed by atoms with van der Waals surface area (Å²) in [5.41, 5.74) is 5.13. The lowest BCUT2D eigenvalue weighted by atomic mass is 9.74. The van der Waals surface area contributed by atoms with Crippen LogP contribution in [0.5, 0.6) is 5.75 Å². The Morgan fingerprint density at radius 2 is 2.03 bits per heavy atom. The summed E-state index contributed by atoms with van der Waals surface area (Å²) in [6.07, 6.45) is -0.310. The number of nitrogens with zero attached hydrogens (tertiary/aromatic N) is 4. The Balaban J connectivity index is 1.71. The summed E-state index contributed by atoms with van der Waals surface area (Å²) < 4.78 is 11.3. The molecule has 1 aromatic heterocycles. The zero-order valence-electron chi connectivity index (χ0n) is 21.6. The van der Waals surface area contributed by atoms with Crippen molar-refractivity contribution in [2.75, 3.05) is 13.1 Å². The molecule has 0 radical (unpaired) electrons. The predicted octanol–water partition coefficient (Wildman–Crippen LogP) is 6.04. The molecule has 0 saturated heterocycles. The van der Waals surface area contributed by atoms with Crippen molar-refractivity contribution >= 4 is 6.09 Å². The van der Waals surface area contributed by atoms with E-state index in [9.17, 15) is 15.2 Å². The predicted molar refractivity (Wildman–Crippen MR) is 136 cm³/mol. The number of amides is 1. The molecule has 8 heteroatoms. The molecule has 2 heterocycles. The van der Waals surface area contributed by atoms with Gasteiger partial charge in [0.05, 0.1) is 11.7 Å². The minimum Gasteiger partial charge on any atom is -0.490 e. The fourth-order valence-electron chi connectivity index (χ4n) is 4.81. The second-order valence-corrected chi connectivity index (χ2v) is 10.6. The summed E-state index contributed by atoms with van der Waals surface area (Å²) in [6, 6.07) is 11.5. The minimum atomic E-state index is -0.890. The van der Waals surface area contributed by atoms with Crippen molar-refractivity contribution in [1.82, 2.24) is 15.0 Å². The maximum absolute atomic E-state index is 11.8. The smallest absolute Gasteiger partial charge is 0.407 e. The van der Waals surface area contributed by atoms with Crippen LogP contribution in [0.15, 0.2) is 34.9 Å². The molecule has 1 aliphatic heterocycles. The van der Waals surface area contributed by atoms with Gasteiger partial charge in [-0.25, -0.2) is 4.79 Å². The second-order valence-electron chi connectivity index (χ2n) is 10.6. The minimum absolute atomic E-state index is 0.0467. The number of hydrogen-bond donors (Lipinski definition) is 1. The Bertz CT molecular complexity index is 1330. The van der Waals surface area contributed by atoms with Crippen LogP contribution in [0, 0.1) is 23.7 Å². The fourth-order valence-corrected chi connectivity index (χ4v) is 4.81. The van der Waals surface area contributed by atoms with Crippen molar-refractivity contribution in [3.63, 3.8) is 0 Å². The summed E-state index contributed by atoms with van der Waals surface area (Å²) >= 11 is 0. The summed E-state index contributed by atoms with van der Waals surface area (Å²) in [6.45, 7) is 13.2. The van der Waals surface area contributed by atoms with E-state index in [1.54, 1.807) is 18.2 Å². The first-order chi connectivity index (χ1) is 17.0. The van der Waals surface area contributed by atoms with Crippen molar-refractivity contribution in [2.24, 2.45) is 5.41 Å². The molecule has 0 saturated carbocycles. The topological polar surface area (TPSA) is 112 Å². The molecule has 4 rings (SSSR count). The average molecular weight is 489 g/mol. The fraction of sp³-hybridized carbons (Fsp3) is 0.429. The first-order valence-corrected chi connectivity index (χ1v) is 12.1. The Kier molecular flexibility index (Phi) is 6.77. The lowest BCUT2D eigenvalue weighted by Crippen LogP contribution is -2.36. The van der Waals surface area contributed by atoms with E-state index in [0.29, 0.717) is 48.1 Å². The summed E-state index contributed by atoms with van der Waals surface area (Å²) in [7, 11) is 0. The van der Waals surface area contributed by atoms with Crippen molar-refractivity contribution in [2.45, 2.75) is 60.0 Å². The van der Waals surface area contributed by atoms with Gasteiger partial charge in [-0.1, -0.05) is 38.1 Å². The van der Waals surface area contributed by atoms with Gasteiger partial charge >= 0.3 is 6.09 Å². The van der Waals surface area contributed by atoms with Crippen LogP contribution < -0.4 is 4.74 Å². The molecule has 0 aliphatic carbocycles. The lowest BCUT2D eigenvalue weighted by Gasteiger charge is -2.34. The summed E-state index contributed by atoms with van der Waals surface area (Å²) in [5, 5.41) is 23.5. The van der Waals surface area contributed by atoms with Gasteiger partial charge in [-0.15, -0.1) is 0 Å². The lowest BCUT2D eigenvalue weighted by molar-refractivity contribution is 0.135. The Hall–Kier alpha value is -3.86. The third-order valence-corrected chi connectivity index (χ3v) is 6.74. The summed E-state index contributed by atoms with van der Waals surface area (Å²) in [5.74, 6) is 1.35. The highest BCUT2D eigenvalue weighted by molar-refractivity contribution is 5.68. The highest BCUT2D eigenvalue weighted by Gasteiger charge is 2.34. The molecule has 0 fully saturated rings. The number of ether oxygens (including phenoxy) is 1. The molecule has 1 amide bonds. The normalized spacial score (nSPS) is 15.8. The number of rotatable bonds is 4. The first kappa shape index (κ1) is 25.2. The van der Waals surface area contributed by atoms with Gasteiger partial charge in [-0.2, -0.15) is 10.2 Å². The van der Waals surface area contributed by atoms with E-state index in [2.05, 4.69) is 43.0 Å². The van der Waals surface area contributed by atoms with Crippen LogP contribution in [0.3, 0.4) is 0 Å². The quantitative estimate of drug-likeness (QED) is 0.476. The number of aromatic nitrogens is 2. The van der Waals surface area contributed by atoms with Crippen LogP contribution in [0.1, 0.15) is 62.8 Å². The first-order valence-electron chi connectivity index (χ1n) is 12.1. The van der Waals surface area contributed by atoms with Crippen LogP contribution in [-0.2, 0) is 6.42 Å². The Morgan fingerprint density at radius 3 is 2.67 bits per heavy atom. The maximum Gasteiger partial charge on any atom is 0.407 e. The van der Waals surface area contributed by atoms with Gasteiger partial charge in [0.2, 0.25) is 5.82 Å². The van der Waals surface area contributed by atoms with Crippen molar-refractivity contribution in [3.8, 4) is 34.7 Å². The van der Waals surface area contributed by atoms with Crippen LogP contribution in [-0.4, -0.2) is 45.4 Å². The molecule has 3 aromatic rings. The zero-order valence-corrected chi connectivity index (χ0v) is 21.6. The molecule has 1 aliphatic rings. The van der Waals surface area contributed by atoms with Gasteiger partial charge in [0, 0.05) is 30.1 Å². The van der Waals surface area contributed by atoms with Gasteiger partial charge in [0.25, 0.3) is 5.89 Å². The molecule has 8 nitrogen and oxygen atoms in total. The SMILES string of the molecule is Cc1c(-c2noc(-c3ccc(OC(C)C)c(C#N)c3)n2)ccc2c1CCN(C(=O)O)CC2C(C)(C)C. The van der Waals surface area contributed by atoms with Gasteiger partial charge in [0.1, 0.15) is 11.8 Å². The van der Waals surface area contributed by atoms with E-state index in [1.165, 1.54) is 10.5 Å². The Morgan fingerprint density at radius 1 is 1.28 bits per heavy atom. The third-order valence-electron chi connectivity index (χ3n) is 6.74. The number of fused-ring (bicyclic) bond motifs is 1. The Labute approximate surface area is 211 Å². The monoisotopic (exact) mass is 488 g/mol. The molecule has 0 spiro atoms. The average Bonchev–Trinajstić information content (AvgIpc) is 3.19. The maximum atomic E-state index is 11.8. The number of carboxylic acid groups (broad SMARTS) is 1. The molecular formula is C28H32N4O4. The van der Waals surface area contributed by atoms with Crippen molar-refractivity contribution < 1.29 is 19.2 Å². The number of nitriles is 1. The summed E-state index contributed by atoms with van der Waals surface area (Å²) in [4.78, 5) is 18.0. The molecule has 36 heavy (non-hydrogen) atoms. The molecule has 0 bridgehead atoms. The highest BCUT2D eigenvalue weighted by atomic mass is 16.5. The zero-order chi connectivity index (χ0) is 26.2. The van der Waals surface area contributed by atoms with Crippen LogP contribution in [0.4, 0.5) is 4.79 Å². The largest absolute Gasteiger partial charge is 0.490 e. The molecule has 2 aromatic carbocycles. The molecule has 1 unspecified atom stereocenters. The molecule has 1 N–H and O–H groups in total. The van der Waals surface area contributed by atoms with Gasteiger partial charge in [-0.05, 0) is 67.5 Å². The number of benzene rings is 2. The van der Waals surface area contributed by atoms with Crippen molar-refractivity contribution in [1.29, 1.82) is 5.26 Å². The molecule has 188 valence electrons. The van der Waals surface area contributed by atoms with Crippen LogP contribution in [0.2, 0.25) is 0 Å². The highest BCUT2D eigenvalue weighted by Crippen LogP contribution is 2.42. The van der Waals surface area contributed by atoms with E-state index in [1.807, 2.05) is 26.8 Å². The van der Waals surface area contributed by atoms with Crippen molar-refractivity contribution in [3.05, 3.63) is 52.6 Å². The van der Waals surface area contributed by atoms with Gasteiger partial charge in [-0.3, -0.25) is 0 Å². The molecule has 1 atom stereocenters.